The fourth-order valence-corrected chi connectivity index (χ4v) is 2.37. The molecule has 102 valence electrons. The largest absolute Gasteiger partial charge is 0.493 e. The molecule has 0 aliphatic rings. The van der Waals surface area contributed by atoms with Crippen LogP contribution in [0.2, 0.25) is 0 Å². The molecule has 0 unspecified atom stereocenters. The lowest BCUT2D eigenvalue weighted by Crippen LogP contribution is -1.98. The molecule has 3 nitrogen and oxygen atoms in total. The van der Waals surface area contributed by atoms with E-state index >= 15 is 0 Å². The Morgan fingerprint density at radius 1 is 1.32 bits per heavy atom. The summed E-state index contributed by atoms with van der Waals surface area (Å²) in [5.41, 5.74) is 4.13. The molecule has 0 aliphatic heterocycles. The summed E-state index contributed by atoms with van der Waals surface area (Å²) >= 11 is 0. The minimum absolute atomic E-state index is 0.251. The molecular weight excluding hydrogens is 236 g/mol. The van der Waals surface area contributed by atoms with Gasteiger partial charge in [-0.3, -0.25) is 0 Å². The van der Waals surface area contributed by atoms with Crippen molar-refractivity contribution < 1.29 is 5.11 Å². The molecule has 1 aromatic carbocycles. The Balaban J connectivity index is 2.58. The lowest BCUT2D eigenvalue weighted by molar-refractivity contribution is 0.391. The number of aromatic hydroxyl groups is 1. The Bertz CT molecular complexity index is 570. The average Bonchev–Trinajstić information content (AvgIpc) is 2.67. The summed E-state index contributed by atoms with van der Waals surface area (Å²) in [5, 5.41) is 14.9. The minimum Gasteiger partial charge on any atom is -0.493 e. The molecule has 0 saturated heterocycles. The third-order valence-corrected chi connectivity index (χ3v) is 3.27. The van der Waals surface area contributed by atoms with E-state index in [1.165, 1.54) is 5.56 Å². The average molecular weight is 258 g/mol. The van der Waals surface area contributed by atoms with E-state index in [2.05, 4.69) is 51.0 Å². The molecule has 0 amide bonds. The van der Waals surface area contributed by atoms with Gasteiger partial charge in [0.25, 0.3) is 0 Å². The first kappa shape index (κ1) is 13.7. The quantitative estimate of drug-likeness (QED) is 0.896. The van der Waals surface area contributed by atoms with Crippen molar-refractivity contribution in [2.24, 2.45) is 0 Å². The SMILES string of the molecule is CCCn1nc(-c2cccc(C)c2)c(C(C)C)c1O. The molecule has 0 bridgehead atoms. The van der Waals surface area contributed by atoms with Crippen LogP contribution < -0.4 is 0 Å². The Morgan fingerprint density at radius 3 is 2.63 bits per heavy atom. The normalized spacial score (nSPS) is 11.2. The Labute approximate surface area is 114 Å². The molecule has 1 N–H and O–H groups in total. The maximum atomic E-state index is 10.3. The first-order valence-corrected chi connectivity index (χ1v) is 6.91. The zero-order valence-electron chi connectivity index (χ0n) is 12.1. The van der Waals surface area contributed by atoms with Gasteiger partial charge in [-0.1, -0.05) is 44.5 Å². The van der Waals surface area contributed by atoms with E-state index in [4.69, 9.17) is 0 Å². The van der Waals surface area contributed by atoms with Crippen LogP contribution in [0, 0.1) is 6.92 Å². The molecule has 1 aromatic heterocycles. The van der Waals surface area contributed by atoms with Gasteiger partial charge in [0.15, 0.2) is 0 Å². The summed E-state index contributed by atoms with van der Waals surface area (Å²) in [5.74, 6) is 0.564. The van der Waals surface area contributed by atoms with Crippen molar-refractivity contribution in [3.8, 4) is 17.1 Å². The number of aromatic nitrogens is 2. The predicted molar refractivity (Wildman–Crippen MR) is 78.4 cm³/mol. The lowest BCUT2D eigenvalue weighted by atomic mass is 9.98. The van der Waals surface area contributed by atoms with Crippen molar-refractivity contribution in [3.63, 3.8) is 0 Å². The third-order valence-electron chi connectivity index (χ3n) is 3.27. The van der Waals surface area contributed by atoms with E-state index in [1.54, 1.807) is 4.68 Å². The topological polar surface area (TPSA) is 38.0 Å². The highest BCUT2D eigenvalue weighted by molar-refractivity contribution is 5.66. The van der Waals surface area contributed by atoms with Gasteiger partial charge in [-0.05, 0) is 25.3 Å². The van der Waals surface area contributed by atoms with Crippen LogP contribution >= 0.6 is 0 Å². The Hall–Kier alpha value is -1.77. The zero-order chi connectivity index (χ0) is 14.0. The molecule has 0 atom stereocenters. The molecular formula is C16H22N2O. The molecule has 3 heteroatoms. The highest BCUT2D eigenvalue weighted by atomic mass is 16.3. The van der Waals surface area contributed by atoms with Crippen molar-refractivity contribution in [1.82, 2.24) is 9.78 Å². The second-order valence-corrected chi connectivity index (χ2v) is 5.33. The van der Waals surface area contributed by atoms with Gasteiger partial charge in [-0.2, -0.15) is 5.10 Å². The van der Waals surface area contributed by atoms with Gasteiger partial charge in [-0.15, -0.1) is 0 Å². The van der Waals surface area contributed by atoms with E-state index in [0.29, 0.717) is 5.88 Å². The smallest absolute Gasteiger partial charge is 0.213 e. The molecule has 2 rings (SSSR count). The highest BCUT2D eigenvalue weighted by Crippen LogP contribution is 2.35. The fourth-order valence-electron chi connectivity index (χ4n) is 2.37. The second kappa shape index (κ2) is 5.47. The van der Waals surface area contributed by atoms with Crippen LogP contribution in [0.25, 0.3) is 11.3 Å². The van der Waals surface area contributed by atoms with Crippen molar-refractivity contribution in [3.05, 3.63) is 35.4 Å². The number of nitrogens with zero attached hydrogens (tertiary/aromatic N) is 2. The standard InChI is InChI=1S/C16H22N2O/c1-5-9-18-16(19)14(11(2)3)15(17-18)13-8-6-7-12(4)10-13/h6-8,10-11,19H,5,9H2,1-4H3. The zero-order valence-corrected chi connectivity index (χ0v) is 12.1. The summed E-state index contributed by atoms with van der Waals surface area (Å²) in [6.45, 7) is 9.08. The molecule has 19 heavy (non-hydrogen) atoms. The molecule has 1 heterocycles. The monoisotopic (exact) mass is 258 g/mol. The first-order chi connectivity index (χ1) is 9.04. The number of benzene rings is 1. The number of hydrogen-bond acceptors (Lipinski definition) is 2. The van der Waals surface area contributed by atoms with Gasteiger partial charge < -0.3 is 5.11 Å². The van der Waals surface area contributed by atoms with E-state index in [9.17, 15) is 5.11 Å². The van der Waals surface area contributed by atoms with Crippen LogP contribution in [-0.4, -0.2) is 14.9 Å². The summed E-state index contributed by atoms with van der Waals surface area (Å²) in [4.78, 5) is 0. The minimum atomic E-state index is 0.251. The number of rotatable bonds is 4. The van der Waals surface area contributed by atoms with Crippen LogP contribution in [0.5, 0.6) is 5.88 Å². The summed E-state index contributed by atoms with van der Waals surface area (Å²) < 4.78 is 1.72. The van der Waals surface area contributed by atoms with Gasteiger partial charge in [0, 0.05) is 17.7 Å². The maximum Gasteiger partial charge on any atom is 0.213 e. The number of hydrogen-bond donors (Lipinski definition) is 1. The van der Waals surface area contributed by atoms with Crippen LogP contribution in [0.15, 0.2) is 24.3 Å². The van der Waals surface area contributed by atoms with Gasteiger partial charge >= 0.3 is 0 Å². The fraction of sp³-hybridized carbons (Fsp3) is 0.438. The van der Waals surface area contributed by atoms with Crippen LogP contribution in [0.1, 0.15) is 44.2 Å². The molecule has 0 radical (unpaired) electrons. The molecule has 0 fully saturated rings. The van der Waals surface area contributed by atoms with Gasteiger partial charge in [-0.25, -0.2) is 4.68 Å². The first-order valence-electron chi connectivity index (χ1n) is 6.91. The molecule has 0 saturated carbocycles. The Morgan fingerprint density at radius 2 is 2.05 bits per heavy atom. The van der Waals surface area contributed by atoms with Crippen molar-refractivity contribution in [2.45, 2.75) is 46.6 Å². The highest BCUT2D eigenvalue weighted by Gasteiger charge is 2.20. The number of aryl methyl sites for hydroxylation is 2. The Kier molecular flexibility index (Phi) is 3.93. The van der Waals surface area contributed by atoms with Gasteiger partial charge in [0.05, 0.1) is 5.69 Å². The molecule has 2 aromatic rings. The van der Waals surface area contributed by atoms with E-state index < -0.39 is 0 Å². The van der Waals surface area contributed by atoms with E-state index in [1.807, 2.05) is 6.07 Å². The van der Waals surface area contributed by atoms with Crippen molar-refractivity contribution in [2.75, 3.05) is 0 Å². The van der Waals surface area contributed by atoms with Crippen molar-refractivity contribution in [1.29, 1.82) is 0 Å². The third kappa shape index (κ3) is 2.65. The predicted octanol–water partition coefficient (Wildman–Crippen LogP) is 4.10. The maximum absolute atomic E-state index is 10.3. The van der Waals surface area contributed by atoms with E-state index in [0.717, 1.165) is 29.8 Å². The molecule has 0 spiro atoms. The van der Waals surface area contributed by atoms with Crippen LogP contribution in [0.4, 0.5) is 0 Å². The van der Waals surface area contributed by atoms with Crippen LogP contribution in [-0.2, 0) is 6.54 Å². The molecule has 0 aliphatic carbocycles. The van der Waals surface area contributed by atoms with Crippen LogP contribution in [0.3, 0.4) is 0 Å². The van der Waals surface area contributed by atoms with Gasteiger partial charge in [0.1, 0.15) is 0 Å². The summed E-state index contributed by atoms with van der Waals surface area (Å²) in [6.07, 6.45) is 0.958. The second-order valence-electron chi connectivity index (χ2n) is 5.33. The summed E-state index contributed by atoms with van der Waals surface area (Å²) in [7, 11) is 0. The lowest BCUT2D eigenvalue weighted by Gasteiger charge is -2.07. The van der Waals surface area contributed by atoms with Gasteiger partial charge in [0.2, 0.25) is 5.88 Å². The van der Waals surface area contributed by atoms with E-state index in [-0.39, 0.29) is 5.92 Å². The summed E-state index contributed by atoms with van der Waals surface area (Å²) in [6, 6.07) is 8.27. The van der Waals surface area contributed by atoms with Crippen molar-refractivity contribution >= 4 is 0 Å².